The second kappa shape index (κ2) is 9.98. The lowest BCUT2D eigenvalue weighted by Crippen LogP contribution is -2.37. The fourth-order valence-electron chi connectivity index (χ4n) is 2.71. The Morgan fingerprint density at radius 2 is 2.29 bits per heavy atom. The van der Waals surface area contributed by atoms with Crippen LogP contribution in [-0.2, 0) is 6.54 Å². The summed E-state index contributed by atoms with van der Waals surface area (Å²) in [5.74, 6) is 3.57. The van der Waals surface area contributed by atoms with Gasteiger partial charge in [0.15, 0.2) is 5.69 Å². The molecule has 2 amide bonds. The summed E-state index contributed by atoms with van der Waals surface area (Å²) < 4.78 is 4.95. The zero-order valence-corrected chi connectivity index (χ0v) is 18.0. The van der Waals surface area contributed by atoms with Gasteiger partial charge in [0, 0.05) is 48.6 Å². The number of hydrogen-bond acceptors (Lipinski definition) is 6. The number of carbonyl (C=O) groups excluding carboxylic acids is 1. The van der Waals surface area contributed by atoms with Crippen LogP contribution in [-0.4, -0.2) is 22.1 Å². The van der Waals surface area contributed by atoms with Crippen LogP contribution in [0.25, 0.3) is 10.9 Å². The number of hydrogen-bond donors (Lipinski definition) is 4. The van der Waals surface area contributed by atoms with E-state index in [1.54, 1.807) is 11.9 Å². The summed E-state index contributed by atoms with van der Waals surface area (Å²) in [5.41, 5.74) is 5.98. The highest BCUT2D eigenvalue weighted by atomic mass is 32.2. The van der Waals surface area contributed by atoms with Gasteiger partial charge >= 0.3 is 6.03 Å². The topological polar surface area (TPSA) is 60.3 Å². The van der Waals surface area contributed by atoms with Gasteiger partial charge in [0.2, 0.25) is 12.1 Å². The van der Waals surface area contributed by atoms with Crippen molar-refractivity contribution in [1.29, 1.82) is 0 Å². The number of carbonyl (C=O) groups is 1. The molecule has 0 atom stereocenters. The Morgan fingerprint density at radius 3 is 3.04 bits per heavy atom. The van der Waals surface area contributed by atoms with Gasteiger partial charge < -0.3 is 16.1 Å². The molecular weight excluding hydrogens is 410 g/mol. The Kier molecular flexibility index (Phi) is 7.39. The molecule has 2 heterocycles. The number of terminal acetylenes is 1. The zero-order valence-electron chi connectivity index (χ0n) is 15.4. The highest BCUT2D eigenvalue weighted by Crippen LogP contribution is 2.32. The van der Waals surface area contributed by atoms with Gasteiger partial charge in [-0.3, -0.25) is 0 Å². The van der Waals surface area contributed by atoms with Crippen LogP contribution in [0, 0.1) is 19.3 Å². The first-order chi connectivity index (χ1) is 13.6. The Bertz CT molecular complexity index is 941. The highest BCUT2D eigenvalue weighted by Gasteiger charge is 2.13. The van der Waals surface area contributed by atoms with E-state index in [1.165, 1.54) is 11.9 Å². The molecule has 1 aliphatic rings. The summed E-state index contributed by atoms with van der Waals surface area (Å²) in [6, 6.07) is 9.68. The van der Waals surface area contributed by atoms with Gasteiger partial charge in [-0.05, 0) is 54.4 Å². The lowest BCUT2D eigenvalue weighted by atomic mass is 10.1. The molecule has 0 bridgehead atoms. The molecule has 2 aromatic rings. The molecular formula is C19H22N5OS3+. The van der Waals surface area contributed by atoms with Crippen LogP contribution < -0.4 is 20.6 Å². The number of pyridine rings is 1. The molecule has 1 aromatic heterocycles. The van der Waals surface area contributed by atoms with Crippen LogP contribution in [0.15, 0.2) is 40.8 Å². The first kappa shape index (κ1) is 20.7. The highest BCUT2D eigenvalue weighted by molar-refractivity contribution is 8.20. The van der Waals surface area contributed by atoms with Gasteiger partial charge in [-0.25, -0.2) is 4.79 Å². The van der Waals surface area contributed by atoms with E-state index >= 15 is 0 Å². The van der Waals surface area contributed by atoms with Crippen LogP contribution >= 0.6 is 36.5 Å². The molecule has 0 saturated heterocycles. The van der Waals surface area contributed by atoms with E-state index in [2.05, 4.69) is 39.2 Å². The monoisotopic (exact) mass is 432 g/mol. The van der Waals surface area contributed by atoms with Gasteiger partial charge in [0.05, 0.1) is 4.24 Å². The van der Waals surface area contributed by atoms with Crippen molar-refractivity contribution >= 4 is 59.1 Å². The number of hydrazine groups is 1. The van der Waals surface area contributed by atoms with Crippen LogP contribution in [0.5, 0.6) is 0 Å². The maximum atomic E-state index is 12.1. The summed E-state index contributed by atoms with van der Waals surface area (Å²) in [5, 5.41) is 6.80. The Labute approximate surface area is 179 Å². The maximum Gasteiger partial charge on any atom is 0.319 e. The number of aryl methyl sites for hydroxylation is 1. The molecule has 146 valence electrons. The minimum Gasteiger partial charge on any atom is -0.338 e. The van der Waals surface area contributed by atoms with Crippen molar-refractivity contribution < 1.29 is 9.36 Å². The smallest absolute Gasteiger partial charge is 0.319 e. The Hall–Kier alpha value is -1.99. The normalized spacial score (nSPS) is 13.7. The van der Waals surface area contributed by atoms with E-state index in [-0.39, 0.29) is 6.03 Å². The van der Waals surface area contributed by atoms with Crippen LogP contribution in [0.1, 0.15) is 12.1 Å². The third-order valence-electron chi connectivity index (χ3n) is 4.04. The number of thiol groups is 1. The van der Waals surface area contributed by atoms with E-state index in [0.29, 0.717) is 13.1 Å². The van der Waals surface area contributed by atoms with Crippen molar-refractivity contribution in [3.63, 3.8) is 0 Å². The average molecular weight is 433 g/mol. The minimum absolute atomic E-state index is 0.207. The second-order valence-corrected chi connectivity index (χ2v) is 9.10. The number of nitrogens with one attached hydrogen (secondary N) is 3. The number of anilines is 1. The van der Waals surface area contributed by atoms with E-state index in [9.17, 15) is 4.79 Å². The largest absolute Gasteiger partial charge is 0.338 e. The number of rotatable bonds is 7. The van der Waals surface area contributed by atoms with E-state index in [4.69, 9.17) is 6.42 Å². The van der Waals surface area contributed by atoms with Crippen molar-refractivity contribution in [3.8, 4) is 12.3 Å². The molecule has 0 saturated carbocycles. The van der Waals surface area contributed by atoms with Gasteiger partial charge in [-0.1, -0.05) is 0 Å². The van der Waals surface area contributed by atoms with Crippen LogP contribution in [0.3, 0.4) is 0 Å². The Balaban J connectivity index is 1.47. The van der Waals surface area contributed by atoms with Gasteiger partial charge in [-0.2, -0.15) is 4.57 Å². The number of aromatic nitrogens is 1. The molecule has 6 nitrogen and oxygen atoms in total. The van der Waals surface area contributed by atoms with Crippen molar-refractivity contribution in [2.24, 2.45) is 0 Å². The summed E-state index contributed by atoms with van der Waals surface area (Å²) in [7, 11) is 0. The summed E-state index contributed by atoms with van der Waals surface area (Å²) in [4.78, 5) is 12.1. The zero-order chi connectivity index (χ0) is 19.9. The van der Waals surface area contributed by atoms with Gasteiger partial charge in [0.1, 0.15) is 0 Å². The van der Waals surface area contributed by atoms with E-state index in [1.807, 2.05) is 47.3 Å². The number of amides is 2. The lowest BCUT2D eigenvalue weighted by Gasteiger charge is -2.13. The third kappa shape index (κ3) is 5.52. The van der Waals surface area contributed by atoms with Crippen molar-refractivity contribution in [2.75, 3.05) is 17.6 Å². The molecule has 1 aliphatic heterocycles. The first-order valence-corrected chi connectivity index (χ1v) is 10.9. The van der Waals surface area contributed by atoms with Gasteiger partial charge in [0.25, 0.3) is 0 Å². The van der Waals surface area contributed by atoms with E-state index in [0.717, 1.165) is 38.7 Å². The third-order valence-corrected chi connectivity index (χ3v) is 6.34. The van der Waals surface area contributed by atoms with Crippen molar-refractivity contribution in [3.05, 3.63) is 46.5 Å². The fourth-order valence-corrected chi connectivity index (χ4v) is 4.80. The molecule has 1 aromatic carbocycles. The molecule has 28 heavy (non-hydrogen) atoms. The molecule has 0 aliphatic carbocycles. The number of fused-ring (bicyclic) bond motifs is 1. The maximum absolute atomic E-state index is 12.1. The van der Waals surface area contributed by atoms with Crippen LogP contribution in [0.2, 0.25) is 0 Å². The second-order valence-electron chi connectivity index (χ2n) is 6.07. The number of urea groups is 1. The molecule has 0 spiro atoms. The molecule has 3 N–H and O–H groups in total. The molecule has 0 unspecified atom stereocenters. The van der Waals surface area contributed by atoms with Gasteiger partial charge in [-0.15, -0.1) is 22.9 Å². The van der Waals surface area contributed by atoms with E-state index < -0.39 is 0 Å². The predicted molar refractivity (Wildman–Crippen MR) is 121 cm³/mol. The van der Waals surface area contributed by atoms with Crippen LogP contribution in [0.4, 0.5) is 10.5 Å². The predicted octanol–water partition coefficient (Wildman–Crippen LogP) is 3.43. The number of benzene rings is 1. The fraction of sp³-hybridized carbons (Fsp3) is 0.263. The summed E-state index contributed by atoms with van der Waals surface area (Å²) in [6.45, 7) is 3.15. The summed E-state index contributed by atoms with van der Waals surface area (Å²) in [6.07, 6.45) is 8.18. The number of nitrogens with zero attached hydrogens (tertiary/aromatic N) is 2. The average Bonchev–Trinajstić information content (AvgIpc) is 3.09. The molecule has 0 radical (unpaired) electrons. The quantitative estimate of drug-likeness (QED) is 0.178. The SMILES string of the molecule is C#CC[n+]1c(C)ccc2cc(NC(=O)NCCCSN3NC=C(S)S3)ccc21. The molecule has 9 heteroatoms. The minimum atomic E-state index is -0.207. The lowest BCUT2D eigenvalue weighted by molar-refractivity contribution is -0.664. The molecule has 3 rings (SSSR count). The standard InChI is InChI=1S/C19H21N5OS3/c1-3-10-23-14(2)5-6-15-12-16(7-8-17(15)23)22-19(25)20-9-4-11-27-24-21-13-18(26)28-24/h1,5-8,12-13,21H,4,9-11H2,2H3,(H2-,20,22,25,26)/p+1. The molecule has 0 fully saturated rings. The first-order valence-electron chi connectivity index (χ1n) is 8.74. The van der Waals surface area contributed by atoms with Crippen molar-refractivity contribution in [1.82, 2.24) is 14.6 Å². The van der Waals surface area contributed by atoms with Crippen molar-refractivity contribution in [2.45, 2.75) is 19.9 Å². The summed E-state index contributed by atoms with van der Waals surface area (Å²) >= 11 is 7.45. The Morgan fingerprint density at radius 1 is 1.43 bits per heavy atom.